The Labute approximate surface area is 119 Å². The summed E-state index contributed by atoms with van der Waals surface area (Å²) in [6.45, 7) is 7.58. The van der Waals surface area contributed by atoms with Gasteiger partial charge in [0.25, 0.3) is 0 Å². The zero-order chi connectivity index (χ0) is 14.4. The molecule has 5 heteroatoms. The molecule has 1 N–H and O–H groups in total. The van der Waals surface area contributed by atoms with E-state index in [0.29, 0.717) is 24.4 Å². The lowest BCUT2D eigenvalue weighted by molar-refractivity contribution is 0.0833. The van der Waals surface area contributed by atoms with Gasteiger partial charge in [0.2, 0.25) is 5.82 Å². The topological polar surface area (TPSA) is 60.2 Å². The van der Waals surface area contributed by atoms with E-state index >= 15 is 0 Å². The van der Waals surface area contributed by atoms with Crippen LogP contribution in [-0.4, -0.2) is 23.3 Å². The molecule has 0 fully saturated rings. The highest BCUT2D eigenvalue weighted by molar-refractivity contribution is 5.26. The number of hydrogen-bond donors (Lipinski definition) is 1. The number of nitrogens with zero attached hydrogens (tertiary/aromatic N) is 2. The largest absolute Gasteiger partial charge is 0.366 e. The molecule has 0 radical (unpaired) electrons. The third-order valence-corrected chi connectivity index (χ3v) is 2.77. The molecule has 2 aromatic rings. The molecular formula is C15H21N3O2. The van der Waals surface area contributed by atoms with Gasteiger partial charge in [-0.3, -0.25) is 0 Å². The van der Waals surface area contributed by atoms with Gasteiger partial charge in [0.05, 0.1) is 0 Å². The summed E-state index contributed by atoms with van der Waals surface area (Å²) < 4.78 is 11.0. The van der Waals surface area contributed by atoms with Gasteiger partial charge in [-0.05, 0) is 18.4 Å². The molecule has 20 heavy (non-hydrogen) atoms. The van der Waals surface area contributed by atoms with Crippen molar-refractivity contribution in [1.82, 2.24) is 10.1 Å². The molecule has 5 nitrogen and oxygen atoms in total. The Balaban J connectivity index is 2.14. The number of rotatable bonds is 7. The summed E-state index contributed by atoms with van der Waals surface area (Å²) in [4.78, 5) is 4.36. The van der Waals surface area contributed by atoms with Gasteiger partial charge in [-0.2, -0.15) is 4.98 Å². The summed E-state index contributed by atoms with van der Waals surface area (Å²) in [5, 5.41) is 7.13. The molecular weight excluding hydrogens is 254 g/mol. The summed E-state index contributed by atoms with van der Waals surface area (Å²) in [7, 11) is 0. The van der Waals surface area contributed by atoms with Crippen LogP contribution >= 0.6 is 0 Å². The smallest absolute Gasteiger partial charge is 0.321 e. The maximum Gasteiger partial charge on any atom is 0.321 e. The molecule has 1 aromatic heterocycles. The minimum atomic E-state index is -0.292. The number of nitrogens with one attached hydrogen (secondary N) is 1. The van der Waals surface area contributed by atoms with Gasteiger partial charge in [-0.25, -0.2) is 0 Å². The van der Waals surface area contributed by atoms with Crippen LogP contribution in [0.1, 0.15) is 38.3 Å². The predicted molar refractivity (Wildman–Crippen MR) is 77.5 cm³/mol. The predicted octanol–water partition coefficient (Wildman–Crippen LogP) is 3.26. The van der Waals surface area contributed by atoms with Crippen LogP contribution in [-0.2, 0) is 4.74 Å². The lowest BCUT2D eigenvalue weighted by Crippen LogP contribution is -2.10. The Morgan fingerprint density at radius 3 is 2.65 bits per heavy atom. The molecule has 108 valence electrons. The average Bonchev–Trinajstić information content (AvgIpc) is 2.92. The second-order valence-electron chi connectivity index (χ2n) is 4.98. The highest BCUT2D eigenvalue weighted by atomic mass is 16.5. The number of hydrogen-bond acceptors (Lipinski definition) is 5. The molecule has 2 rings (SSSR count). The van der Waals surface area contributed by atoms with Gasteiger partial charge in [-0.1, -0.05) is 49.3 Å². The van der Waals surface area contributed by atoms with Gasteiger partial charge >= 0.3 is 6.01 Å². The Hall–Kier alpha value is -1.88. The van der Waals surface area contributed by atoms with E-state index in [2.05, 4.69) is 29.3 Å². The summed E-state index contributed by atoms with van der Waals surface area (Å²) in [6.07, 6.45) is -0.292. The van der Waals surface area contributed by atoms with Gasteiger partial charge < -0.3 is 14.6 Å². The fraction of sp³-hybridized carbons (Fsp3) is 0.467. The van der Waals surface area contributed by atoms with E-state index in [1.807, 2.05) is 37.3 Å². The lowest BCUT2D eigenvalue weighted by atomic mass is 10.1. The fourth-order valence-electron chi connectivity index (χ4n) is 1.82. The first-order valence-electron chi connectivity index (χ1n) is 6.94. The zero-order valence-electron chi connectivity index (χ0n) is 12.2. The van der Waals surface area contributed by atoms with Crippen molar-refractivity contribution in [1.29, 1.82) is 0 Å². The Morgan fingerprint density at radius 1 is 1.25 bits per heavy atom. The summed E-state index contributed by atoms with van der Waals surface area (Å²) in [5.74, 6) is 1.06. The van der Waals surface area contributed by atoms with Crippen molar-refractivity contribution in [2.45, 2.75) is 26.9 Å². The number of ether oxygens (including phenoxy) is 1. The van der Waals surface area contributed by atoms with Crippen LogP contribution in [0.5, 0.6) is 0 Å². The van der Waals surface area contributed by atoms with Gasteiger partial charge in [0.15, 0.2) is 0 Å². The molecule has 1 atom stereocenters. The molecule has 1 unspecified atom stereocenters. The quantitative estimate of drug-likeness (QED) is 0.840. The molecule has 0 aliphatic carbocycles. The SMILES string of the molecule is CCOC(c1ccccc1)c1noc(NCC(C)C)n1. The van der Waals surface area contributed by atoms with Crippen LogP contribution < -0.4 is 5.32 Å². The van der Waals surface area contributed by atoms with Gasteiger partial charge in [0, 0.05) is 13.2 Å². The molecule has 0 amide bonds. The van der Waals surface area contributed by atoms with Crippen LogP contribution in [0, 0.1) is 5.92 Å². The van der Waals surface area contributed by atoms with E-state index < -0.39 is 0 Å². The first-order chi connectivity index (χ1) is 9.70. The monoisotopic (exact) mass is 275 g/mol. The van der Waals surface area contributed by atoms with Crippen molar-refractivity contribution in [3.63, 3.8) is 0 Å². The number of aromatic nitrogens is 2. The maximum atomic E-state index is 5.74. The lowest BCUT2D eigenvalue weighted by Gasteiger charge is -2.13. The van der Waals surface area contributed by atoms with E-state index in [9.17, 15) is 0 Å². The van der Waals surface area contributed by atoms with E-state index in [4.69, 9.17) is 9.26 Å². The van der Waals surface area contributed by atoms with E-state index in [0.717, 1.165) is 12.1 Å². The summed E-state index contributed by atoms with van der Waals surface area (Å²) in [6, 6.07) is 10.3. The van der Waals surface area contributed by atoms with Crippen molar-refractivity contribution in [3.8, 4) is 0 Å². The molecule has 0 aliphatic heterocycles. The summed E-state index contributed by atoms with van der Waals surface area (Å²) >= 11 is 0. The molecule has 0 spiro atoms. The van der Waals surface area contributed by atoms with E-state index in [1.54, 1.807) is 0 Å². The van der Waals surface area contributed by atoms with Crippen LogP contribution in [0.2, 0.25) is 0 Å². The minimum Gasteiger partial charge on any atom is -0.366 e. The van der Waals surface area contributed by atoms with Crippen LogP contribution in [0.4, 0.5) is 6.01 Å². The van der Waals surface area contributed by atoms with E-state index in [-0.39, 0.29) is 6.10 Å². The molecule has 0 saturated heterocycles. The van der Waals surface area contributed by atoms with Crippen molar-refractivity contribution in [2.24, 2.45) is 5.92 Å². The third kappa shape index (κ3) is 3.81. The molecule has 1 aromatic carbocycles. The van der Waals surface area contributed by atoms with Gasteiger partial charge in [-0.15, -0.1) is 0 Å². The normalized spacial score (nSPS) is 12.6. The highest BCUT2D eigenvalue weighted by Gasteiger charge is 2.20. The first kappa shape index (κ1) is 14.5. The Bertz CT molecular complexity index is 511. The van der Waals surface area contributed by atoms with Crippen LogP contribution in [0.15, 0.2) is 34.9 Å². The van der Waals surface area contributed by atoms with E-state index in [1.165, 1.54) is 0 Å². The molecule has 0 aliphatic rings. The van der Waals surface area contributed by atoms with Crippen molar-refractivity contribution < 1.29 is 9.26 Å². The third-order valence-electron chi connectivity index (χ3n) is 2.77. The van der Waals surface area contributed by atoms with Crippen molar-refractivity contribution in [3.05, 3.63) is 41.7 Å². The Kier molecular flexibility index (Phi) is 5.12. The van der Waals surface area contributed by atoms with Crippen LogP contribution in [0.25, 0.3) is 0 Å². The fourth-order valence-corrected chi connectivity index (χ4v) is 1.82. The summed E-state index contributed by atoms with van der Waals surface area (Å²) in [5.41, 5.74) is 1.02. The second-order valence-corrected chi connectivity index (χ2v) is 4.98. The standard InChI is InChI=1S/C15H21N3O2/c1-4-19-13(12-8-6-5-7-9-12)14-17-15(20-18-14)16-10-11(2)3/h5-9,11,13H,4,10H2,1-3H3,(H,16,17,18). The minimum absolute atomic E-state index is 0.292. The maximum absolute atomic E-state index is 5.74. The van der Waals surface area contributed by atoms with Crippen molar-refractivity contribution in [2.75, 3.05) is 18.5 Å². The van der Waals surface area contributed by atoms with Gasteiger partial charge in [0.1, 0.15) is 6.10 Å². The second kappa shape index (κ2) is 7.05. The zero-order valence-corrected chi connectivity index (χ0v) is 12.2. The van der Waals surface area contributed by atoms with Crippen LogP contribution in [0.3, 0.4) is 0 Å². The molecule has 0 bridgehead atoms. The first-order valence-corrected chi connectivity index (χ1v) is 6.94. The Morgan fingerprint density at radius 2 is 2.00 bits per heavy atom. The highest BCUT2D eigenvalue weighted by Crippen LogP contribution is 2.24. The number of benzene rings is 1. The van der Waals surface area contributed by atoms with Crippen molar-refractivity contribution >= 4 is 6.01 Å². The average molecular weight is 275 g/mol. The molecule has 0 saturated carbocycles. The molecule has 1 heterocycles. The number of anilines is 1.